The molecular weight excluding hydrogens is 250 g/mol. The van der Waals surface area contributed by atoms with Gasteiger partial charge in [0.15, 0.2) is 0 Å². The molecular formula is C13H14BrN. The van der Waals surface area contributed by atoms with Crippen molar-refractivity contribution in [1.29, 1.82) is 0 Å². The largest absolute Gasteiger partial charge is 0.347 e. The van der Waals surface area contributed by atoms with Crippen LogP contribution >= 0.6 is 15.9 Å². The number of rotatable bonds is 4. The first-order chi connectivity index (χ1) is 7.31. The van der Waals surface area contributed by atoms with Gasteiger partial charge >= 0.3 is 0 Å². The van der Waals surface area contributed by atoms with Crippen LogP contribution in [0, 0.1) is 0 Å². The number of nitrogens with zero attached hydrogens (tertiary/aromatic N) is 1. The van der Waals surface area contributed by atoms with Crippen molar-refractivity contribution < 1.29 is 0 Å². The molecule has 0 radical (unpaired) electrons. The summed E-state index contributed by atoms with van der Waals surface area (Å²) in [6.45, 7) is 4.80. The van der Waals surface area contributed by atoms with Crippen LogP contribution in [0.1, 0.15) is 12.8 Å². The van der Waals surface area contributed by atoms with E-state index in [0.29, 0.717) is 0 Å². The molecule has 78 valence electrons. The second kappa shape index (κ2) is 4.67. The number of unbranched alkanes of at least 4 members (excludes halogenated alkanes) is 1. The second-order valence-electron chi connectivity index (χ2n) is 3.64. The first-order valence-electron chi connectivity index (χ1n) is 5.16. The molecule has 0 saturated heterocycles. The molecule has 0 atom stereocenters. The Bertz CT molecular complexity index is 470. The fourth-order valence-electron chi connectivity index (χ4n) is 1.76. The van der Waals surface area contributed by atoms with Gasteiger partial charge in [0.05, 0.1) is 0 Å². The van der Waals surface area contributed by atoms with Gasteiger partial charge in [0.2, 0.25) is 0 Å². The van der Waals surface area contributed by atoms with E-state index in [1.54, 1.807) is 0 Å². The van der Waals surface area contributed by atoms with E-state index in [0.717, 1.165) is 23.9 Å². The summed E-state index contributed by atoms with van der Waals surface area (Å²) in [7, 11) is 0. The lowest BCUT2D eigenvalue weighted by molar-refractivity contribution is 0.671. The van der Waals surface area contributed by atoms with E-state index in [-0.39, 0.29) is 0 Å². The molecule has 1 heterocycles. The van der Waals surface area contributed by atoms with Crippen LogP contribution in [0.4, 0.5) is 0 Å². The molecule has 15 heavy (non-hydrogen) atoms. The van der Waals surface area contributed by atoms with Gasteiger partial charge in [-0.05, 0) is 36.4 Å². The van der Waals surface area contributed by atoms with Crippen LogP contribution in [-0.4, -0.2) is 4.57 Å². The standard InChI is InChI=1S/C13H14BrN/c1-2-3-4-8-15-9-7-11-5-6-12(14)10-13(11)15/h2,5-7,9-10H,1,3-4,8H2. The van der Waals surface area contributed by atoms with Crippen LogP contribution < -0.4 is 0 Å². The molecule has 0 aliphatic rings. The van der Waals surface area contributed by atoms with Gasteiger partial charge in [0.25, 0.3) is 0 Å². The minimum atomic E-state index is 1.06. The average molecular weight is 264 g/mol. The molecule has 2 heteroatoms. The van der Waals surface area contributed by atoms with Gasteiger partial charge in [-0.1, -0.05) is 28.1 Å². The molecule has 2 rings (SSSR count). The van der Waals surface area contributed by atoms with E-state index < -0.39 is 0 Å². The van der Waals surface area contributed by atoms with Crippen LogP contribution in [0.3, 0.4) is 0 Å². The summed E-state index contributed by atoms with van der Waals surface area (Å²) < 4.78 is 3.43. The van der Waals surface area contributed by atoms with E-state index in [2.05, 4.69) is 57.5 Å². The Morgan fingerprint density at radius 1 is 1.33 bits per heavy atom. The molecule has 2 aromatic rings. The summed E-state index contributed by atoms with van der Waals surface area (Å²) in [6, 6.07) is 8.55. The summed E-state index contributed by atoms with van der Waals surface area (Å²) in [5.74, 6) is 0. The Labute approximate surface area is 98.5 Å². The number of halogens is 1. The van der Waals surface area contributed by atoms with Crippen LogP contribution in [0.2, 0.25) is 0 Å². The van der Waals surface area contributed by atoms with Gasteiger partial charge in [-0.2, -0.15) is 0 Å². The third-order valence-electron chi connectivity index (χ3n) is 2.54. The van der Waals surface area contributed by atoms with Crippen molar-refractivity contribution in [3.8, 4) is 0 Å². The van der Waals surface area contributed by atoms with Gasteiger partial charge in [0, 0.05) is 22.7 Å². The number of fused-ring (bicyclic) bond motifs is 1. The highest BCUT2D eigenvalue weighted by molar-refractivity contribution is 9.10. The minimum absolute atomic E-state index is 1.06. The van der Waals surface area contributed by atoms with Crippen molar-refractivity contribution in [3.05, 3.63) is 47.6 Å². The molecule has 0 unspecified atom stereocenters. The average Bonchev–Trinajstić information content (AvgIpc) is 2.62. The molecule has 1 aromatic heterocycles. The van der Waals surface area contributed by atoms with Crippen molar-refractivity contribution in [2.45, 2.75) is 19.4 Å². The first-order valence-corrected chi connectivity index (χ1v) is 5.96. The Balaban J connectivity index is 2.27. The molecule has 0 spiro atoms. The van der Waals surface area contributed by atoms with E-state index in [9.17, 15) is 0 Å². The Morgan fingerprint density at radius 3 is 3.00 bits per heavy atom. The predicted octanol–water partition coefficient (Wildman–Crippen LogP) is 4.37. The predicted molar refractivity (Wildman–Crippen MR) is 69.1 cm³/mol. The third-order valence-corrected chi connectivity index (χ3v) is 3.04. The molecule has 0 saturated carbocycles. The number of hydrogen-bond donors (Lipinski definition) is 0. The van der Waals surface area contributed by atoms with Gasteiger partial charge in [-0.25, -0.2) is 0 Å². The Kier molecular flexibility index (Phi) is 3.27. The van der Waals surface area contributed by atoms with Crippen molar-refractivity contribution in [3.63, 3.8) is 0 Å². The summed E-state index contributed by atoms with van der Waals surface area (Å²) in [4.78, 5) is 0. The van der Waals surface area contributed by atoms with Gasteiger partial charge in [0.1, 0.15) is 0 Å². The normalized spacial score (nSPS) is 10.7. The molecule has 0 aliphatic heterocycles. The maximum absolute atomic E-state index is 3.74. The highest BCUT2D eigenvalue weighted by Crippen LogP contribution is 2.21. The van der Waals surface area contributed by atoms with Crippen LogP contribution in [0.15, 0.2) is 47.6 Å². The zero-order valence-electron chi connectivity index (χ0n) is 8.62. The lowest BCUT2D eigenvalue weighted by Crippen LogP contribution is -1.94. The summed E-state index contributed by atoms with van der Waals surface area (Å²) in [6.07, 6.45) is 6.36. The van der Waals surface area contributed by atoms with Crippen molar-refractivity contribution in [1.82, 2.24) is 4.57 Å². The first kappa shape index (κ1) is 10.5. The number of allylic oxidation sites excluding steroid dienone is 1. The maximum Gasteiger partial charge on any atom is 0.0491 e. The minimum Gasteiger partial charge on any atom is -0.347 e. The van der Waals surface area contributed by atoms with E-state index in [1.165, 1.54) is 10.9 Å². The SMILES string of the molecule is C=CCCCn1ccc2ccc(Br)cc21. The van der Waals surface area contributed by atoms with Crippen LogP contribution in [0.25, 0.3) is 10.9 Å². The van der Waals surface area contributed by atoms with Crippen molar-refractivity contribution in [2.24, 2.45) is 0 Å². The Hall–Kier alpha value is -1.02. The molecule has 0 amide bonds. The smallest absolute Gasteiger partial charge is 0.0491 e. The molecule has 0 N–H and O–H groups in total. The van der Waals surface area contributed by atoms with Crippen LogP contribution in [0.5, 0.6) is 0 Å². The maximum atomic E-state index is 3.74. The summed E-state index contributed by atoms with van der Waals surface area (Å²) in [5.41, 5.74) is 1.30. The zero-order valence-corrected chi connectivity index (χ0v) is 10.2. The second-order valence-corrected chi connectivity index (χ2v) is 4.56. The van der Waals surface area contributed by atoms with E-state index in [4.69, 9.17) is 0 Å². The fraction of sp³-hybridized carbons (Fsp3) is 0.231. The number of aryl methyl sites for hydroxylation is 1. The molecule has 1 aromatic carbocycles. The molecule has 0 aliphatic carbocycles. The fourth-order valence-corrected chi connectivity index (χ4v) is 2.11. The number of aromatic nitrogens is 1. The highest BCUT2D eigenvalue weighted by Gasteiger charge is 2.00. The number of hydrogen-bond acceptors (Lipinski definition) is 0. The monoisotopic (exact) mass is 263 g/mol. The van der Waals surface area contributed by atoms with Gasteiger partial charge < -0.3 is 4.57 Å². The van der Waals surface area contributed by atoms with Gasteiger partial charge in [-0.15, -0.1) is 6.58 Å². The topological polar surface area (TPSA) is 4.93 Å². The molecule has 0 bridgehead atoms. The summed E-state index contributed by atoms with van der Waals surface area (Å²) >= 11 is 3.50. The molecule has 1 nitrogen and oxygen atoms in total. The van der Waals surface area contributed by atoms with Crippen LogP contribution in [-0.2, 0) is 6.54 Å². The number of benzene rings is 1. The zero-order chi connectivity index (χ0) is 10.7. The third kappa shape index (κ3) is 2.32. The Morgan fingerprint density at radius 2 is 2.20 bits per heavy atom. The molecule has 0 fully saturated rings. The van der Waals surface area contributed by atoms with E-state index in [1.807, 2.05) is 6.08 Å². The highest BCUT2D eigenvalue weighted by atomic mass is 79.9. The lowest BCUT2D eigenvalue weighted by atomic mass is 10.2. The summed E-state index contributed by atoms with van der Waals surface area (Å²) in [5, 5.41) is 1.30. The van der Waals surface area contributed by atoms with Gasteiger partial charge in [-0.3, -0.25) is 0 Å². The lowest BCUT2D eigenvalue weighted by Gasteiger charge is -2.04. The van der Waals surface area contributed by atoms with Crippen molar-refractivity contribution >= 4 is 26.8 Å². The quantitative estimate of drug-likeness (QED) is 0.570. The van der Waals surface area contributed by atoms with Crippen molar-refractivity contribution in [2.75, 3.05) is 0 Å². The van der Waals surface area contributed by atoms with E-state index >= 15 is 0 Å².